The lowest BCUT2D eigenvalue weighted by atomic mass is 10.3. The van der Waals surface area contributed by atoms with Gasteiger partial charge in [-0.05, 0) is 12.1 Å². The highest BCUT2D eigenvalue weighted by atomic mass is 32.1. The van der Waals surface area contributed by atoms with Crippen LogP contribution in [0.2, 0.25) is 0 Å². The molecule has 78 valence electrons. The smallest absolute Gasteiger partial charge is 0.497 e. The number of benzene rings is 1. The second kappa shape index (κ2) is 4.00. The van der Waals surface area contributed by atoms with Crippen molar-refractivity contribution < 1.29 is 22.6 Å². The number of hydrogen-bond acceptors (Lipinski definition) is 3. The number of alkyl halides is 3. The molecule has 0 spiro atoms. The van der Waals surface area contributed by atoms with Crippen molar-refractivity contribution >= 4 is 12.6 Å². The first-order valence-electron chi connectivity index (χ1n) is 3.54. The van der Waals surface area contributed by atoms with E-state index in [4.69, 9.17) is 4.74 Å². The molecule has 0 atom stereocenters. The van der Waals surface area contributed by atoms with Crippen LogP contribution < -0.4 is 9.47 Å². The summed E-state index contributed by atoms with van der Waals surface area (Å²) in [6.07, 6.45) is -4.70. The maximum absolute atomic E-state index is 11.8. The summed E-state index contributed by atoms with van der Waals surface area (Å²) in [4.78, 5) is 0.337. The fourth-order valence-electron chi connectivity index (χ4n) is 0.867. The van der Waals surface area contributed by atoms with Gasteiger partial charge >= 0.3 is 6.36 Å². The molecule has 1 rings (SSSR count). The second-order valence-corrected chi connectivity index (χ2v) is 2.93. The van der Waals surface area contributed by atoms with Gasteiger partial charge in [0.2, 0.25) is 0 Å². The van der Waals surface area contributed by atoms with Crippen LogP contribution in [-0.2, 0) is 0 Å². The van der Waals surface area contributed by atoms with Crippen molar-refractivity contribution in [3.63, 3.8) is 0 Å². The molecule has 2 nitrogen and oxygen atoms in total. The van der Waals surface area contributed by atoms with Gasteiger partial charge in [-0.2, -0.15) is 0 Å². The molecule has 0 aromatic heterocycles. The lowest BCUT2D eigenvalue weighted by molar-refractivity contribution is -0.274. The van der Waals surface area contributed by atoms with Crippen LogP contribution in [0.15, 0.2) is 23.1 Å². The van der Waals surface area contributed by atoms with Crippen LogP contribution in [0.1, 0.15) is 0 Å². The number of ether oxygens (including phenoxy) is 2. The minimum atomic E-state index is -4.70. The fourth-order valence-corrected chi connectivity index (χ4v) is 1.12. The Morgan fingerprint density at radius 1 is 1.14 bits per heavy atom. The van der Waals surface area contributed by atoms with E-state index in [0.29, 0.717) is 4.90 Å². The molecule has 0 fully saturated rings. The Morgan fingerprint density at radius 3 is 2.21 bits per heavy atom. The Hall–Kier alpha value is -1.04. The summed E-state index contributed by atoms with van der Waals surface area (Å²) >= 11 is 3.90. The Balaban J connectivity index is 2.92. The van der Waals surface area contributed by atoms with Crippen molar-refractivity contribution in [3.8, 4) is 11.5 Å². The first-order chi connectivity index (χ1) is 6.40. The largest absolute Gasteiger partial charge is 0.573 e. The summed E-state index contributed by atoms with van der Waals surface area (Å²) in [5, 5.41) is 0. The third-order valence-corrected chi connectivity index (χ3v) is 1.59. The summed E-state index contributed by atoms with van der Waals surface area (Å²) in [6, 6.07) is 3.76. The van der Waals surface area contributed by atoms with E-state index in [1.165, 1.54) is 13.2 Å². The van der Waals surface area contributed by atoms with Gasteiger partial charge in [-0.25, -0.2) is 0 Å². The van der Waals surface area contributed by atoms with Crippen LogP contribution in [0.25, 0.3) is 0 Å². The zero-order valence-corrected chi connectivity index (χ0v) is 8.02. The van der Waals surface area contributed by atoms with Gasteiger partial charge in [-0.1, -0.05) is 0 Å². The van der Waals surface area contributed by atoms with E-state index in [1.54, 1.807) is 0 Å². The molecule has 14 heavy (non-hydrogen) atoms. The summed E-state index contributed by atoms with van der Waals surface area (Å²) in [7, 11) is 1.35. The first-order valence-corrected chi connectivity index (χ1v) is 3.99. The Kier molecular flexibility index (Phi) is 3.15. The average Bonchev–Trinajstić information content (AvgIpc) is 1.99. The predicted octanol–water partition coefficient (Wildman–Crippen LogP) is 2.88. The van der Waals surface area contributed by atoms with Crippen molar-refractivity contribution in [1.82, 2.24) is 0 Å². The highest BCUT2D eigenvalue weighted by Gasteiger charge is 2.31. The van der Waals surface area contributed by atoms with E-state index in [-0.39, 0.29) is 11.5 Å². The molecule has 0 aliphatic rings. The van der Waals surface area contributed by atoms with Crippen molar-refractivity contribution in [2.24, 2.45) is 0 Å². The van der Waals surface area contributed by atoms with Gasteiger partial charge in [0.1, 0.15) is 11.5 Å². The van der Waals surface area contributed by atoms with E-state index < -0.39 is 6.36 Å². The van der Waals surface area contributed by atoms with Crippen molar-refractivity contribution in [3.05, 3.63) is 18.2 Å². The molecule has 0 unspecified atom stereocenters. The minimum Gasteiger partial charge on any atom is -0.497 e. The molecular formula is C8H7F3O2S. The van der Waals surface area contributed by atoms with E-state index in [2.05, 4.69) is 17.4 Å². The predicted molar refractivity (Wildman–Crippen MR) is 46.9 cm³/mol. The molecule has 0 bridgehead atoms. The average molecular weight is 224 g/mol. The quantitative estimate of drug-likeness (QED) is 0.778. The SMILES string of the molecule is COc1cc(S)cc(OC(F)(F)F)c1. The van der Waals surface area contributed by atoms with Crippen LogP contribution in [0.3, 0.4) is 0 Å². The summed E-state index contributed by atoms with van der Waals surface area (Å²) in [5.74, 6) is -0.0846. The van der Waals surface area contributed by atoms with Crippen molar-refractivity contribution in [2.45, 2.75) is 11.3 Å². The molecule has 0 aliphatic carbocycles. The molecule has 1 aromatic carbocycles. The summed E-state index contributed by atoms with van der Waals surface area (Å²) in [5.41, 5.74) is 0. The Morgan fingerprint density at radius 2 is 1.71 bits per heavy atom. The Labute approximate surface area is 84.0 Å². The minimum absolute atomic E-state index is 0.261. The first kappa shape index (κ1) is 11.0. The third kappa shape index (κ3) is 3.37. The van der Waals surface area contributed by atoms with Gasteiger partial charge < -0.3 is 9.47 Å². The zero-order valence-electron chi connectivity index (χ0n) is 7.13. The Bertz CT molecular complexity index is 325. The lowest BCUT2D eigenvalue weighted by Crippen LogP contribution is -2.17. The third-order valence-electron chi connectivity index (χ3n) is 1.33. The summed E-state index contributed by atoms with van der Waals surface area (Å²) < 4.78 is 43.9. The van der Waals surface area contributed by atoms with E-state index in [0.717, 1.165) is 12.1 Å². The standard InChI is InChI=1S/C8H7F3O2S/c1-12-5-2-6(4-7(14)3-5)13-8(9,10)11/h2-4,14H,1H3. The maximum Gasteiger partial charge on any atom is 0.573 e. The molecule has 0 radical (unpaired) electrons. The van der Waals surface area contributed by atoms with Crippen LogP contribution in [-0.4, -0.2) is 13.5 Å². The number of hydrogen-bond donors (Lipinski definition) is 1. The maximum atomic E-state index is 11.8. The van der Waals surface area contributed by atoms with Gasteiger partial charge in [-0.3, -0.25) is 0 Å². The monoisotopic (exact) mass is 224 g/mol. The van der Waals surface area contributed by atoms with Crippen LogP contribution >= 0.6 is 12.6 Å². The molecule has 0 N–H and O–H groups in total. The summed E-state index contributed by atoms with van der Waals surface area (Å²) in [6.45, 7) is 0. The fraction of sp³-hybridized carbons (Fsp3) is 0.250. The molecule has 6 heteroatoms. The van der Waals surface area contributed by atoms with Crippen molar-refractivity contribution in [2.75, 3.05) is 7.11 Å². The zero-order chi connectivity index (χ0) is 10.8. The normalized spacial score (nSPS) is 11.2. The molecule has 0 amide bonds. The number of thiol groups is 1. The van der Waals surface area contributed by atoms with E-state index in [1.807, 2.05) is 0 Å². The number of rotatable bonds is 2. The second-order valence-electron chi connectivity index (χ2n) is 2.41. The number of halogens is 3. The van der Waals surface area contributed by atoms with Crippen LogP contribution in [0.5, 0.6) is 11.5 Å². The van der Waals surface area contributed by atoms with Gasteiger partial charge in [0.15, 0.2) is 0 Å². The van der Waals surface area contributed by atoms with Gasteiger partial charge in [0, 0.05) is 11.0 Å². The lowest BCUT2D eigenvalue weighted by Gasteiger charge is -2.10. The molecular weight excluding hydrogens is 217 g/mol. The van der Waals surface area contributed by atoms with Gasteiger partial charge in [0.05, 0.1) is 7.11 Å². The number of methoxy groups -OCH3 is 1. The molecule has 0 saturated heterocycles. The van der Waals surface area contributed by atoms with Crippen molar-refractivity contribution in [1.29, 1.82) is 0 Å². The topological polar surface area (TPSA) is 18.5 Å². The van der Waals surface area contributed by atoms with Crippen LogP contribution in [0, 0.1) is 0 Å². The highest BCUT2D eigenvalue weighted by molar-refractivity contribution is 7.80. The molecule has 0 aliphatic heterocycles. The highest BCUT2D eigenvalue weighted by Crippen LogP contribution is 2.29. The van der Waals surface area contributed by atoms with Crippen LogP contribution in [0.4, 0.5) is 13.2 Å². The van der Waals surface area contributed by atoms with E-state index in [9.17, 15) is 13.2 Å². The molecule has 1 aromatic rings. The van der Waals surface area contributed by atoms with Gasteiger partial charge in [0.25, 0.3) is 0 Å². The van der Waals surface area contributed by atoms with Gasteiger partial charge in [-0.15, -0.1) is 25.8 Å². The molecule has 0 saturated carbocycles. The molecule has 0 heterocycles. The van der Waals surface area contributed by atoms with E-state index >= 15 is 0 Å².